The van der Waals surface area contributed by atoms with Crippen LogP contribution in [0.1, 0.15) is 22.7 Å². The first-order chi connectivity index (χ1) is 9.31. The maximum absolute atomic E-state index is 9.01. The zero-order valence-electron chi connectivity index (χ0n) is 10.3. The highest BCUT2D eigenvalue weighted by molar-refractivity contribution is 5.49. The highest BCUT2D eigenvalue weighted by Gasteiger charge is 2.23. The first kappa shape index (κ1) is 11.7. The van der Waals surface area contributed by atoms with Crippen molar-refractivity contribution in [1.82, 2.24) is 4.98 Å². The molecule has 0 saturated carbocycles. The predicted molar refractivity (Wildman–Crippen MR) is 71.0 cm³/mol. The quantitative estimate of drug-likeness (QED) is 0.844. The highest BCUT2D eigenvalue weighted by Crippen LogP contribution is 2.38. The molecule has 1 aliphatic heterocycles. The number of nitrogens with two attached hydrogens (primary N) is 1. The van der Waals surface area contributed by atoms with E-state index in [0.717, 1.165) is 29.2 Å². The van der Waals surface area contributed by atoms with Crippen LogP contribution < -0.4 is 10.5 Å². The van der Waals surface area contributed by atoms with Crippen LogP contribution in [0.3, 0.4) is 0 Å². The summed E-state index contributed by atoms with van der Waals surface area (Å²) in [5.41, 5.74) is 8.39. The van der Waals surface area contributed by atoms with Crippen molar-refractivity contribution in [3.8, 4) is 17.6 Å². The molecule has 2 N–H and O–H groups in total. The van der Waals surface area contributed by atoms with Gasteiger partial charge >= 0.3 is 0 Å². The number of aromatic nitrogens is 1. The summed E-state index contributed by atoms with van der Waals surface area (Å²) in [4.78, 5) is 4.36. The minimum Gasteiger partial charge on any atom is -0.455 e. The Morgan fingerprint density at radius 1 is 1.37 bits per heavy atom. The lowest BCUT2D eigenvalue weighted by molar-refractivity contribution is 0.475. The van der Waals surface area contributed by atoms with Crippen molar-refractivity contribution in [2.45, 2.75) is 12.3 Å². The maximum atomic E-state index is 9.01. The summed E-state index contributed by atoms with van der Waals surface area (Å²) in [6.07, 6.45) is 2.49. The van der Waals surface area contributed by atoms with E-state index in [1.54, 1.807) is 12.3 Å². The molecule has 0 saturated heterocycles. The van der Waals surface area contributed by atoms with Gasteiger partial charge in [-0.2, -0.15) is 5.26 Å². The minimum atomic E-state index is 0.124. The fourth-order valence-electron chi connectivity index (χ4n) is 2.37. The highest BCUT2D eigenvalue weighted by atomic mass is 16.5. The molecule has 1 aromatic carbocycles. The second-order valence-electron chi connectivity index (χ2n) is 4.55. The number of ether oxygens (including phenoxy) is 1. The number of rotatable bonds is 1. The minimum absolute atomic E-state index is 0.124. The molecule has 0 amide bonds. The Balaban J connectivity index is 2.14. The Labute approximate surface area is 111 Å². The van der Waals surface area contributed by atoms with E-state index in [4.69, 9.17) is 15.7 Å². The van der Waals surface area contributed by atoms with E-state index in [1.807, 2.05) is 24.3 Å². The summed E-state index contributed by atoms with van der Waals surface area (Å²) >= 11 is 0. The molecule has 0 aliphatic carbocycles. The van der Waals surface area contributed by atoms with E-state index in [1.165, 1.54) is 0 Å². The van der Waals surface area contributed by atoms with Crippen molar-refractivity contribution >= 4 is 0 Å². The monoisotopic (exact) mass is 251 g/mol. The molecule has 4 nitrogen and oxygen atoms in total. The van der Waals surface area contributed by atoms with Crippen molar-refractivity contribution in [2.24, 2.45) is 5.73 Å². The zero-order valence-corrected chi connectivity index (χ0v) is 10.3. The van der Waals surface area contributed by atoms with Crippen LogP contribution >= 0.6 is 0 Å². The molecular formula is C15H13N3O. The lowest BCUT2D eigenvalue weighted by Gasteiger charge is -2.14. The van der Waals surface area contributed by atoms with Gasteiger partial charge in [0.1, 0.15) is 11.5 Å². The lowest BCUT2D eigenvalue weighted by Crippen LogP contribution is -2.15. The third-order valence-electron chi connectivity index (χ3n) is 3.37. The van der Waals surface area contributed by atoms with Gasteiger partial charge in [-0.05, 0) is 36.9 Å². The molecule has 2 aromatic rings. The molecule has 0 spiro atoms. The largest absolute Gasteiger partial charge is 0.455 e. The molecule has 94 valence electrons. The topological polar surface area (TPSA) is 71.9 Å². The van der Waals surface area contributed by atoms with E-state index in [-0.39, 0.29) is 5.92 Å². The third kappa shape index (κ3) is 2.05. The molecule has 1 aromatic heterocycles. The van der Waals surface area contributed by atoms with Crippen molar-refractivity contribution in [1.29, 1.82) is 5.26 Å². The van der Waals surface area contributed by atoms with Crippen LogP contribution in [0.25, 0.3) is 0 Å². The predicted octanol–water partition coefficient (Wildman–Crippen LogP) is 2.34. The van der Waals surface area contributed by atoms with Gasteiger partial charge in [-0.3, -0.25) is 4.98 Å². The van der Waals surface area contributed by atoms with Gasteiger partial charge < -0.3 is 10.5 Å². The van der Waals surface area contributed by atoms with Crippen molar-refractivity contribution in [3.05, 3.63) is 53.3 Å². The van der Waals surface area contributed by atoms with Crippen LogP contribution in [0.5, 0.6) is 11.5 Å². The Morgan fingerprint density at radius 3 is 3.05 bits per heavy atom. The molecule has 0 unspecified atom stereocenters. The second-order valence-corrected chi connectivity index (χ2v) is 4.55. The summed E-state index contributed by atoms with van der Waals surface area (Å²) in [6.45, 7) is 0.501. The molecule has 2 heterocycles. The number of fused-ring (bicyclic) bond motifs is 2. The van der Waals surface area contributed by atoms with Gasteiger partial charge in [-0.15, -0.1) is 0 Å². The van der Waals surface area contributed by atoms with Gasteiger partial charge in [-0.1, -0.05) is 0 Å². The summed E-state index contributed by atoms with van der Waals surface area (Å²) in [7, 11) is 0. The Kier molecular flexibility index (Phi) is 2.90. The molecule has 0 bridgehead atoms. The number of pyridine rings is 1. The van der Waals surface area contributed by atoms with Crippen LogP contribution in [-0.2, 0) is 6.42 Å². The zero-order chi connectivity index (χ0) is 13.2. The van der Waals surface area contributed by atoms with Gasteiger partial charge in [0, 0.05) is 24.1 Å². The molecule has 0 fully saturated rings. The van der Waals surface area contributed by atoms with Crippen molar-refractivity contribution in [3.63, 3.8) is 0 Å². The van der Waals surface area contributed by atoms with Gasteiger partial charge in [0.15, 0.2) is 0 Å². The molecule has 4 heteroatoms. The molecule has 19 heavy (non-hydrogen) atoms. The number of nitrogens with zero attached hydrogens (tertiary/aromatic N) is 2. The average molecular weight is 251 g/mol. The average Bonchev–Trinajstić information content (AvgIpc) is 2.62. The summed E-state index contributed by atoms with van der Waals surface area (Å²) in [6, 6.07) is 11.4. The van der Waals surface area contributed by atoms with Gasteiger partial charge in [0.05, 0.1) is 17.3 Å². The molecular weight excluding hydrogens is 238 g/mol. The summed E-state index contributed by atoms with van der Waals surface area (Å²) in [5, 5.41) is 9.01. The van der Waals surface area contributed by atoms with E-state index >= 15 is 0 Å². The third-order valence-corrected chi connectivity index (χ3v) is 3.37. The smallest absolute Gasteiger partial charge is 0.148 e. The van der Waals surface area contributed by atoms with E-state index in [2.05, 4.69) is 11.1 Å². The Hall–Kier alpha value is -2.38. The fraction of sp³-hybridized carbons (Fsp3) is 0.200. The maximum Gasteiger partial charge on any atom is 0.148 e. The first-order valence-corrected chi connectivity index (χ1v) is 6.17. The summed E-state index contributed by atoms with van der Waals surface area (Å²) in [5.74, 6) is 1.66. The van der Waals surface area contributed by atoms with Crippen LogP contribution in [-0.4, -0.2) is 11.5 Å². The SMILES string of the molecule is N#Cc1ccc2c(c1)[C@@H](CN)Cc1ncccc1O2. The number of nitriles is 1. The number of hydrogen-bond donors (Lipinski definition) is 1. The molecule has 1 atom stereocenters. The molecule has 1 aliphatic rings. The van der Waals surface area contributed by atoms with Crippen LogP contribution in [0, 0.1) is 11.3 Å². The van der Waals surface area contributed by atoms with Gasteiger partial charge in [0.25, 0.3) is 0 Å². The lowest BCUT2D eigenvalue weighted by atomic mass is 9.93. The van der Waals surface area contributed by atoms with E-state index in [0.29, 0.717) is 12.1 Å². The Bertz CT molecular complexity index is 661. The molecule has 0 radical (unpaired) electrons. The van der Waals surface area contributed by atoms with Crippen LogP contribution in [0.4, 0.5) is 0 Å². The number of benzene rings is 1. The number of hydrogen-bond acceptors (Lipinski definition) is 4. The fourth-order valence-corrected chi connectivity index (χ4v) is 2.37. The van der Waals surface area contributed by atoms with Crippen molar-refractivity contribution in [2.75, 3.05) is 6.54 Å². The van der Waals surface area contributed by atoms with Gasteiger partial charge in [-0.25, -0.2) is 0 Å². The van der Waals surface area contributed by atoms with E-state index < -0.39 is 0 Å². The van der Waals surface area contributed by atoms with Crippen LogP contribution in [0.2, 0.25) is 0 Å². The van der Waals surface area contributed by atoms with Gasteiger partial charge in [0.2, 0.25) is 0 Å². The molecule has 3 rings (SSSR count). The van der Waals surface area contributed by atoms with Crippen LogP contribution in [0.15, 0.2) is 36.5 Å². The first-order valence-electron chi connectivity index (χ1n) is 6.17. The second kappa shape index (κ2) is 4.71. The standard InChI is InChI=1S/C15H13N3O/c16-8-10-3-4-14-12(6-10)11(9-17)7-13-15(19-14)2-1-5-18-13/h1-6,11H,7,9,17H2/t11-/m1/s1. The normalized spacial score (nSPS) is 16.5. The van der Waals surface area contributed by atoms with E-state index in [9.17, 15) is 0 Å². The summed E-state index contributed by atoms with van der Waals surface area (Å²) < 4.78 is 5.91. The Morgan fingerprint density at radius 2 is 2.26 bits per heavy atom. The van der Waals surface area contributed by atoms with Crippen molar-refractivity contribution < 1.29 is 4.74 Å².